The molecule has 3 heterocycles. The smallest absolute Gasteiger partial charge is 0.248 e. The number of carbonyl (C=O) groups is 3. The molecule has 0 aliphatic carbocycles. The van der Waals surface area contributed by atoms with Gasteiger partial charge in [0.1, 0.15) is 17.5 Å². The lowest BCUT2D eigenvalue weighted by Gasteiger charge is -2.35. The number of benzene rings is 3. The Morgan fingerprint density at radius 2 is 1.69 bits per heavy atom. The number of nitrogens with one attached hydrogen (secondary N) is 1. The lowest BCUT2D eigenvalue weighted by Crippen LogP contribution is -2.46. The fourth-order valence-electron chi connectivity index (χ4n) is 5.97. The fourth-order valence-corrected chi connectivity index (χ4v) is 6.14. The van der Waals surface area contributed by atoms with Crippen LogP contribution in [-0.4, -0.2) is 47.8 Å². The molecule has 9 heteroatoms. The van der Waals surface area contributed by atoms with Crippen molar-refractivity contribution in [2.75, 3.05) is 19.5 Å². The molecule has 3 aliphatic heterocycles. The average Bonchev–Trinajstić information content (AvgIpc) is 3.42. The zero-order chi connectivity index (χ0) is 27.3. The second-order valence-electron chi connectivity index (χ2n) is 9.78. The number of hydrogen-bond acceptors (Lipinski definition) is 6. The summed E-state index contributed by atoms with van der Waals surface area (Å²) in [6.07, 6.45) is 3.73. The first-order valence-corrected chi connectivity index (χ1v) is 13.0. The number of likely N-dealkylation sites (tertiary alicyclic amines) is 1. The molecule has 6 rings (SSSR count). The molecule has 0 saturated carbocycles. The first kappa shape index (κ1) is 25.0. The summed E-state index contributed by atoms with van der Waals surface area (Å²) >= 11 is 6.19. The highest BCUT2D eigenvalue weighted by Crippen LogP contribution is 2.53. The number of hydrogen-bond donors (Lipinski definition) is 1. The number of imide groups is 1. The summed E-state index contributed by atoms with van der Waals surface area (Å²) in [6.45, 7) is 0.120. The van der Waals surface area contributed by atoms with E-state index >= 15 is 0 Å². The van der Waals surface area contributed by atoms with Gasteiger partial charge in [0, 0.05) is 11.2 Å². The molecule has 3 aliphatic rings. The second kappa shape index (κ2) is 9.78. The van der Waals surface area contributed by atoms with Crippen LogP contribution in [0.4, 0.5) is 5.69 Å². The molecule has 3 aromatic carbocycles. The standard InChI is InChI=1S/C30H26ClN3O5/c1-38-20-10-7-17(8-11-20)16-34-29(36)24-25(30(34)37)27(28(35)32-22-15-19(31)9-12-23(22)39-2)33-14-13-18-5-3-4-6-21(18)26(24)33/h3-15,24-27H,16H2,1-2H3,(H,32,35). The number of rotatable bonds is 6. The predicted molar refractivity (Wildman–Crippen MR) is 146 cm³/mol. The molecule has 0 spiro atoms. The quantitative estimate of drug-likeness (QED) is 0.460. The third-order valence-corrected chi connectivity index (χ3v) is 7.98. The molecule has 3 amide bonds. The van der Waals surface area contributed by atoms with Gasteiger partial charge in [0.25, 0.3) is 0 Å². The first-order chi connectivity index (χ1) is 18.9. The number of halogens is 1. The zero-order valence-corrected chi connectivity index (χ0v) is 22.1. The first-order valence-electron chi connectivity index (χ1n) is 12.6. The second-order valence-corrected chi connectivity index (χ2v) is 10.2. The van der Waals surface area contributed by atoms with Crippen LogP contribution >= 0.6 is 11.6 Å². The summed E-state index contributed by atoms with van der Waals surface area (Å²) in [5.74, 6) is -1.50. The van der Waals surface area contributed by atoms with E-state index in [2.05, 4.69) is 5.32 Å². The van der Waals surface area contributed by atoms with Gasteiger partial charge >= 0.3 is 0 Å². The minimum atomic E-state index is -0.911. The highest BCUT2D eigenvalue weighted by molar-refractivity contribution is 6.31. The predicted octanol–water partition coefficient (Wildman–Crippen LogP) is 4.51. The van der Waals surface area contributed by atoms with E-state index < -0.39 is 29.8 Å². The Labute approximate surface area is 230 Å². The van der Waals surface area contributed by atoms with E-state index in [1.54, 1.807) is 37.4 Å². The summed E-state index contributed by atoms with van der Waals surface area (Å²) < 4.78 is 10.6. The van der Waals surface area contributed by atoms with Gasteiger partial charge in [-0.3, -0.25) is 19.3 Å². The van der Waals surface area contributed by atoms with Gasteiger partial charge in [-0.1, -0.05) is 48.0 Å². The Bertz CT molecular complexity index is 1500. The number of fused-ring (bicyclic) bond motifs is 5. The molecule has 39 heavy (non-hydrogen) atoms. The minimum absolute atomic E-state index is 0.120. The molecule has 4 unspecified atom stereocenters. The lowest BCUT2D eigenvalue weighted by atomic mass is 9.84. The maximum atomic E-state index is 13.9. The molecule has 0 aromatic heterocycles. The summed E-state index contributed by atoms with van der Waals surface area (Å²) in [7, 11) is 3.08. The van der Waals surface area contributed by atoms with Crippen LogP contribution in [-0.2, 0) is 20.9 Å². The number of methoxy groups -OCH3 is 2. The van der Waals surface area contributed by atoms with Crippen molar-refractivity contribution in [3.63, 3.8) is 0 Å². The van der Waals surface area contributed by atoms with Crippen molar-refractivity contribution in [2.24, 2.45) is 11.8 Å². The van der Waals surface area contributed by atoms with Crippen molar-refractivity contribution in [2.45, 2.75) is 18.6 Å². The van der Waals surface area contributed by atoms with Gasteiger partial charge in [-0.25, -0.2) is 0 Å². The molecular formula is C30H26ClN3O5. The van der Waals surface area contributed by atoms with Crippen molar-refractivity contribution in [1.82, 2.24) is 9.80 Å². The monoisotopic (exact) mass is 543 g/mol. The van der Waals surface area contributed by atoms with E-state index in [4.69, 9.17) is 21.1 Å². The van der Waals surface area contributed by atoms with Crippen LogP contribution in [0.15, 0.2) is 72.9 Å². The Kier molecular flexibility index (Phi) is 6.27. The molecule has 0 bridgehead atoms. The molecule has 1 N–H and O–H groups in total. The Hall–Kier alpha value is -4.30. The molecular weight excluding hydrogens is 518 g/mol. The van der Waals surface area contributed by atoms with E-state index in [0.29, 0.717) is 22.2 Å². The van der Waals surface area contributed by atoms with E-state index in [1.807, 2.05) is 53.6 Å². The summed E-state index contributed by atoms with van der Waals surface area (Å²) in [6, 6.07) is 18.6. The molecule has 2 saturated heterocycles. The summed E-state index contributed by atoms with van der Waals surface area (Å²) in [5.41, 5.74) is 3.06. The third-order valence-electron chi connectivity index (χ3n) is 7.74. The van der Waals surface area contributed by atoms with Crippen LogP contribution in [0.25, 0.3) is 6.08 Å². The molecule has 4 atom stereocenters. The van der Waals surface area contributed by atoms with Crippen molar-refractivity contribution in [3.8, 4) is 11.5 Å². The number of ether oxygens (including phenoxy) is 2. The van der Waals surface area contributed by atoms with Gasteiger partial charge in [0.15, 0.2) is 0 Å². The van der Waals surface area contributed by atoms with Gasteiger partial charge in [-0.15, -0.1) is 0 Å². The number of amides is 3. The third kappa shape index (κ3) is 4.12. The van der Waals surface area contributed by atoms with E-state index in [-0.39, 0.29) is 18.4 Å². The normalized spacial score (nSPS) is 22.8. The summed E-state index contributed by atoms with van der Waals surface area (Å²) in [4.78, 5) is 44.9. The highest BCUT2D eigenvalue weighted by atomic mass is 35.5. The van der Waals surface area contributed by atoms with E-state index in [1.165, 1.54) is 12.0 Å². The van der Waals surface area contributed by atoms with Crippen LogP contribution in [0.2, 0.25) is 5.02 Å². The Balaban J connectivity index is 1.38. The van der Waals surface area contributed by atoms with Crippen LogP contribution < -0.4 is 14.8 Å². The zero-order valence-electron chi connectivity index (χ0n) is 21.3. The van der Waals surface area contributed by atoms with E-state index in [0.717, 1.165) is 16.7 Å². The number of anilines is 1. The van der Waals surface area contributed by atoms with Crippen molar-refractivity contribution in [3.05, 3.63) is 94.6 Å². The summed E-state index contributed by atoms with van der Waals surface area (Å²) in [5, 5.41) is 3.34. The van der Waals surface area contributed by atoms with Crippen molar-refractivity contribution in [1.29, 1.82) is 0 Å². The molecule has 198 valence electrons. The van der Waals surface area contributed by atoms with Gasteiger partial charge < -0.3 is 19.7 Å². The van der Waals surface area contributed by atoms with Crippen LogP contribution in [0.3, 0.4) is 0 Å². The Morgan fingerprint density at radius 1 is 0.949 bits per heavy atom. The van der Waals surface area contributed by atoms with Gasteiger partial charge in [-0.2, -0.15) is 0 Å². The Morgan fingerprint density at radius 3 is 2.44 bits per heavy atom. The van der Waals surface area contributed by atoms with Crippen molar-refractivity contribution >= 4 is 41.1 Å². The topological polar surface area (TPSA) is 88.2 Å². The maximum Gasteiger partial charge on any atom is 0.248 e. The lowest BCUT2D eigenvalue weighted by molar-refractivity contribution is -0.143. The van der Waals surface area contributed by atoms with Gasteiger partial charge in [-0.05, 0) is 53.1 Å². The largest absolute Gasteiger partial charge is 0.497 e. The van der Waals surface area contributed by atoms with Crippen LogP contribution in [0.5, 0.6) is 11.5 Å². The van der Waals surface area contributed by atoms with Gasteiger partial charge in [0.2, 0.25) is 17.7 Å². The van der Waals surface area contributed by atoms with E-state index in [9.17, 15) is 14.4 Å². The average molecular weight is 544 g/mol. The molecule has 0 radical (unpaired) electrons. The minimum Gasteiger partial charge on any atom is -0.497 e. The molecule has 3 aromatic rings. The maximum absolute atomic E-state index is 13.9. The molecule has 2 fully saturated rings. The van der Waals surface area contributed by atoms with Gasteiger partial charge in [0.05, 0.1) is 44.3 Å². The highest BCUT2D eigenvalue weighted by Gasteiger charge is 2.64. The molecule has 8 nitrogen and oxygen atoms in total. The van der Waals surface area contributed by atoms with Crippen LogP contribution in [0.1, 0.15) is 22.7 Å². The fraction of sp³-hybridized carbons (Fsp3) is 0.233. The van der Waals surface area contributed by atoms with Crippen LogP contribution in [0, 0.1) is 11.8 Å². The SMILES string of the molecule is COc1ccc(CN2C(=O)C3C(C2=O)C2c4ccccc4C=CN2C3C(=O)Nc2cc(Cl)ccc2OC)cc1. The number of nitrogens with zero attached hydrogens (tertiary/aromatic N) is 2. The number of carbonyl (C=O) groups excluding carboxylic acids is 3. The van der Waals surface area contributed by atoms with Crippen molar-refractivity contribution < 1.29 is 23.9 Å².